The minimum absolute atomic E-state index is 0.961. The smallest absolute Gasteiger partial charge is 0.138 e. The molecule has 24 heavy (non-hydrogen) atoms. The van der Waals surface area contributed by atoms with Crippen molar-refractivity contribution in [3.8, 4) is 0 Å². The Labute approximate surface area is 150 Å². The van der Waals surface area contributed by atoms with E-state index in [0.29, 0.717) is 0 Å². The summed E-state index contributed by atoms with van der Waals surface area (Å²) in [7, 11) is 0. The molecular formula is C22H40O2. The molecule has 0 aliphatic carbocycles. The molecule has 0 aromatic rings. The second-order valence-electron chi connectivity index (χ2n) is 7.16. The lowest BCUT2D eigenvalue weighted by Gasteiger charge is -2.09. The van der Waals surface area contributed by atoms with Gasteiger partial charge in [0.25, 0.3) is 0 Å². The molecule has 0 radical (unpaired) electrons. The van der Waals surface area contributed by atoms with Gasteiger partial charge in [0.15, 0.2) is 0 Å². The van der Waals surface area contributed by atoms with Crippen molar-refractivity contribution in [2.45, 2.75) is 116 Å². The van der Waals surface area contributed by atoms with Crippen molar-refractivity contribution in [1.82, 2.24) is 0 Å². The van der Waals surface area contributed by atoms with Gasteiger partial charge < -0.3 is 9.47 Å². The third-order valence-electron chi connectivity index (χ3n) is 4.83. The summed E-state index contributed by atoms with van der Waals surface area (Å²) >= 11 is 0. The third-order valence-corrected chi connectivity index (χ3v) is 4.83. The highest BCUT2D eigenvalue weighted by Gasteiger charge is 2.01. The zero-order chi connectivity index (χ0) is 17.1. The fraction of sp³-hybridized carbons (Fsp3) is 0.818. The van der Waals surface area contributed by atoms with Gasteiger partial charge in [0, 0.05) is 6.42 Å². The highest BCUT2D eigenvalue weighted by Crippen LogP contribution is 2.16. The SMILES string of the molecule is CCCCCCCCCCCCCCCCCCC1=COC=CO1. The van der Waals surface area contributed by atoms with Crippen LogP contribution in [-0.4, -0.2) is 0 Å². The maximum absolute atomic E-state index is 5.36. The van der Waals surface area contributed by atoms with Crippen LogP contribution in [0.25, 0.3) is 0 Å². The Kier molecular flexibility index (Phi) is 14.9. The molecule has 0 saturated carbocycles. The molecule has 140 valence electrons. The first-order valence-corrected chi connectivity index (χ1v) is 10.6. The van der Waals surface area contributed by atoms with Crippen molar-refractivity contribution < 1.29 is 9.47 Å². The van der Waals surface area contributed by atoms with Crippen LogP contribution in [0.5, 0.6) is 0 Å². The minimum atomic E-state index is 0.961. The van der Waals surface area contributed by atoms with Gasteiger partial charge in [0.2, 0.25) is 0 Å². The average Bonchev–Trinajstić information content (AvgIpc) is 2.62. The Balaban J connectivity index is 1.68. The highest BCUT2D eigenvalue weighted by atomic mass is 16.5. The van der Waals surface area contributed by atoms with E-state index in [4.69, 9.17) is 9.47 Å². The molecule has 0 aromatic carbocycles. The van der Waals surface area contributed by atoms with E-state index in [0.717, 1.165) is 12.2 Å². The number of hydrogen-bond donors (Lipinski definition) is 0. The summed E-state index contributed by atoms with van der Waals surface area (Å²) in [5.74, 6) is 0.961. The molecule has 1 aliphatic heterocycles. The number of ether oxygens (including phenoxy) is 2. The van der Waals surface area contributed by atoms with Crippen molar-refractivity contribution in [1.29, 1.82) is 0 Å². The molecule has 1 heterocycles. The zero-order valence-corrected chi connectivity index (χ0v) is 16.1. The maximum Gasteiger partial charge on any atom is 0.138 e. The van der Waals surface area contributed by atoms with Crippen molar-refractivity contribution in [2.75, 3.05) is 0 Å². The second kappa shape index (κ2) is 16.9. The first-order chi connectivity index (χ1) is 11.9. The number of hydrogen-bond acceptors (Lipinski definition) is 2. The normalized spacial score (nSPS) is 13.5. The molecule has 0 spiro atoms. The first kappa shape index (κ1) is 21.1. The topological polar surface area (TPSA) is 18.5 Å². The lowest BCUT2D eigenvalue weighted by atomic mass is 10.0. The Bertz CT molecular complexity index is 320. The van der Waals surface area contributed by atoms with Crippen LogP contribution in [0.3, 0.4) is 0 Å². The van der Waals surface area contributed by atoms with Crippen molar-refractivity contribution >= 4 is 0 Å². The first-order valence-electron chi connectivity index (χ1n) is 10.6. The van der Waals surface area contributed by atoms with Crippen molar-refractivity contribution in [3.63, 3.8) is 0 Å². The predicted octanol–water partition coefficient (Wildman–Crippen LogP) is 8.00. The van der Waals surface area contributed by atoms with Crippen LogP contribution in [0.4, 0.5) is 0 Å². The standard InChI is InChI=1S/C22H40O2/c1-2-3-4-5-6-7-8-9-10-11-12-13-14-15-16-17-18-22-21-23-19-20-24-22/h19-21H,2-18H2,1H3. The summed E-state index contributed by atoms with van der Waals surface area (Å²) in [5, 5.41) is 0. The van der Waals surface area contributed by atoms with Gasteiger partial charge in [-0.25, -0.2) is 0 Å². The molecule has 0 amide bonds. The van der Waals surface area contributed by atoms with Gasteiger partial charge in [-0.15, -0.1) is 0 Å². The summed E-state index contributed by atoms with van der Waals surface area (Å²) < 4.78 is 10.5. The zero-order valence-electron chi connectivity index (χ0n) is 16.1. The quantitative estimate of drug-likeness (QED) is 0.250. The molecule has 0 saturated heterocycles. The Morgan fingerprint density at radius 3 is 1.46 bits per heavy atom. The van der Waals surface area contributed by atoms with E-state index in [1.54, 1.807) is 18.8 Å². The largest absolute Gasteiger partial charge is 0.466 e. The number of rotatable bonds is 17. The van der Waals surface area contributed by atoms with Crippen molar-refractivity contribution in [3.05, 3.63) is 24.5 Å². The second-order valence-corrected chi connectivity index (χ2v) is 7.16. The van der Waals surface area contributed by atoms with Gasteiger partial charge in [-0.2, -0.15) is 0 Å². The Morgan fingerprint density at radius 2 is 1.04 bits per heavy atom. The van der Waals surface area contributed by atoms with E-state index in [1.165, 1.54) is 103 Å². The molecule has 0 N–H and O–H groups in total. The summed E-state index contributed by atoms with van der Waals surface area (Å²) in [4.78, 5) is 0. The maximum atomic E-state index is 5.36. The van der Waals surface area contributed by atoms with E-state index in [2.05, 4.69) is 6.92 Å². The van der Waals surface area contributed by atoms with Gasteiger partial charge in [0.1, 0.15) is 24.5 Å². The van der Waals surface area contributed by atoms with Crippen LogP contribution in [0, 0.1) is 0 Å². The fourth-order valence-electron chi connectivity index (χ4n) is 3.26. The monoisotopic (exact) mass is 336 g/mol. The van der Waals surface area contributed by atoms with Crippen LogP contribution < -0.4 is 0 Å². The van der Waals surface area contributed by atoms with Crippen LogP contribution in [0.1, 0.15) is 116 Å². The van der Waals surface area contributed by atoms with Gasteiger partial charge in [-0.05, 0) is 6.42 Å². The molecule has 0 aromatic heterocycles. The van der Waals surface area contributed by atoms with E-state index in [1.807, 2.05) is 0 Å². The lowest BCUT2D eigenvalue weighted by Crippen LogP contribution is -1.92. The summed E-state index contributed by atoms with van der Waals surface area (Å²) in [5.41, 5.74) is 0. The Morgan fingerprint density at radius 1 is 0.583 bits per heavy atom. The summed E-state index contributed by atoms with van der Waals surface area (Å²) in [6.45, 7) is 2.29. The average molecular weight is 337 g/mol. The molecule has 1 aliphatic rings. The predicted molar refractivity (Wildman–Crippen MR) is 104 cm³/mol. The number of allylic oxidation sites excluding steroid dienone is 1. The van der Waals surface area contributed by atoms with Crippen LogP contribution >= 0.6 is 0 Å². The number of unbranched alkanes of at least 4 members (excludes halogenated alkanes) is 15. The van der Waals surface area contributed by atoms with Gasteiger partial charge in [-0.1, -0.05) is 103 Å². The minimum Gasteiger partial charge on any atom is -0.466 e. The van der Waals surface area contributed by atoms with E-state index in [9.17, 15) is 0 Å². The molecule has 0 fully saturated rings. The van der Waals surface area contributed by atoms with E-state index < -0.39 is 0 Å². The molecular weight excluding hydrogens is 296 g/mol. The molecule has 2 heteroatoms. The van der Waals surface area contributed by atoms with Gasteiger partial charge >= 0.3 is 0 Å². The Hall–Kier alpha value is -0.920. The van der Waals surface area contributed by atoms with Crippen LogP contribution in [-0.2, 0) is 9.47 Å². The molecule has 2 nitrogen and oxygen atoms in total. The van der Waals surface area contributed by atoms with E-state index >= 15 is 0 Å². The fourth-order valence-corrected chi connectivity index (χ4v) is 3.26. The third kappa shape index (κ3) is 13.5. The van der Waals surface area contributed by atoms with Crippen LogP contribution in [0.15, 0.2) is 24.5 Å². The molecule has 0 unspecified atom stereocenters. The van der Waals surface area contributed by atoms with Crippen molar-refractivity contribution in [2.24, 2.45) is 0 Å². The van der Waals surface area contributed by atoms with E-state index in [-0.39, 0.29) is 0 Å². The molecule has 0 bridgehead atoms. The molecule has 0 atom stereocenters. The highest BCUT2D eigenvalue weighted by molar-refractivity contribution is 4.94. The van der Waals surface area contributed by atoms with Gasteiger partial charge in [-0.3, -0.25) is 0 Å². The lowest BCUT2D eigenvalue weighted by molar-refractivity contribution is 0.244. The van der Waals surface area contributed by atoms with Crippen LogP contribution in [0.2, 0.25) is 0 Å². The molecule has 1 rings (SSSR count). The van der Waals surface area contributed by atoms with Gasteiger partial charge in [0.05, 0.1) is 0 Å². The summed E-state index contributed by atoms with van der Waals surface area (Å²) in [6, 6.07) is 0. The summed E-state index contributed by atoms with van der Waals surface area (Å²) in [6.07, 6.45) is 28.5.